The van der Waals surface area contributed by atoms with Crippen LogP contribution in [0.15, 0.2) is 18.2 Å². The van der Waals surface area contributed by atoms with Crippen LogP contribution in [0.4, 0.5) is 4.39 Å². The van der Waals surface area contributed by atoms with Crippen molar-refractivity contribution in [2.24, 2.45) is 0 Å². The van der Waals surface area contributed by atoms with E-state index >= 15 is 0 Å². The topological polar surface area (TPSA) is 35.5 Å². The summed E-state index contributed by atoms with van der Waals surface area (Å²) in [5, 5.41) is 13.0. The van der Waals surface area contributed by atoms with Crippen molar-refractivity contribution in [3.05, 3.63) is 35.1 Å². The van der Waals surface area contributed by atoms with E-state index in [0.717, 1.165) is 25.2 Å². The summed E-state index contributed by atoms with van der Waals surface area (Å²) in [4.78, 5) is 2.21. The van der Waals surface area contributed by atoms with Crippen molar-refractivity contribution in [2.45, 2.75) is 32.5 Å². The van der Waals surface area contributed by atoms with Gasteiger partial charge in [-0.25, -0.2) is 4.39 Å². The summed E-state index contributed by atoms with van der Waals surface area (Å²) in [6, 6.07) is 5.46. The summed E-state index contributed by atoms with van der Waals surface area (Å²) < 4.78 is 13.5. The third-order valence-electron chi connectivity index (χ3n) is 3.58. The number of aryl methyl sites for hydroxylation is 1. The Morgan fingerprint density at radius 3 is 3.00 bits per heavy atom. The van der Waals surface area contributed by atoms with Crippen molar-refractivity contribution < 1.29 is 9.50 Å². The molecule has 0 aromatic heterocycles. The van der Waals surface area contributed by atoms with Gasteiger partial charge < -0.3 is 10.4 Å². The molecule has 0 spiro atoms. The molecule has 0 aliphatic carbocycles. The van der Waals surface area contributed by atoms with Crippen LogP contribution in [0.3, 0.4) is 0 Å². The molecule has 3 nitrogen and oxygen atoms in total. The lowest BCUT2D eigenvalue weighted by Gasteiger charge is -2.37. The number of aliphatic hydroxyl groups excluding tert-OH is 1. The van der Waals surface area contributed by atoms with Crippen molar-refractivity contribution in [2.75, 3.05) is 19.6 Å². The Morgan fingerprint density at radius 1 is 1.56 bits per heavy atom. The highest BCUT2D eigenvalue weighted by molar-refractivity contribution is 5.23. The van der Waals surface area contributed by atoms with Crippen LogP contribution in [0.5, 0.6) is 0 Å². The zero-order chi connectivity index (χ0) is 13.1. The maximum absolute atomic E-state index is 13.5. The third kappa shape index (κ3) is 3.07. The molecule has 2 atom stereocenters. The Balaban J connectivity index is 2.08. The monoisotopic (exact) mass is 252 g/mol. The Bertz CT molecular complexity index is 409. The first-order valence-electron chi connectivity index (χ1n) is 6.46. The fourth-order valence-corrected chi connectivity index (χ4v) is 2.41. The largest absolute Gasteiger partial charge is 0.392 e. The molecule has 1 aliphatic rings. The van der Waals surface area contributed by atoms with E-state index in [2.05, 4.69) is 10.2 Å². The van der Waals surface area contributed by atoms with Crippen LogP contribution in [-0.4, -0.2) is 41.8 Å². The molecule has 0 radical (unpaired) electrons. The molecule has 100 valence electrons. The molecule has 1 saturated heterocycles. The van der Waals surface area contributed by atoms with E-state index in [0.29, 0.717) is 12.1 Å². The van der Waals surface area contributed by atoms with E-state index in [1.807, 2.05) is 12.1 Å². The number of halogens is 1. The Kier molecular flexibility index (Phi) is 4.32. The second-order valence-corrected chi connectivity index (χ2v) is 5.07. The van der Waals surface area contributed by atoms with Gasteiger partial charge in [0.2, 0.25) is 0 Å². The summed E-state index contributed by atoms with van der Waals surface area (Å²) in [6.45, 7) is 6.84. The summed E-state index contributed by atoms with van der Waals surface area (Å²) >= 11 is 0. The number of nitrogens with zero attached hydrogens (tertiary/aromatic N) is 1. The van der Waals surface area contributed by atoms with E-state index in [1.165, 1.54) is 0 Å². The Labute approximate surface area is 108 Å². The predicted octanol–water partition coefficient (Wildman–Crippen LogP) is 1.29. The van der Waals surface area contributed by atoms with Crippen LogP contribution in [0.1, 0.15) is 18.1 Å². The Hall–Kier alpha value is -0.970. The quantitative estimate of drug-likeness (QED) is 0.851. The molecule has 1 heterocycles. The highest BCUT2D eigenvalue weighted by atomic mass is 19.1. The second-order valence-electron chi connectivity index (χ2n) is 5.07. The van der Waals surface area contributed by atoms with Gasteiger partial charge >= 0.3 is 0 Å². The lowest BCUT2D eigenvalue weighted by molar-refractivity contribution is 0.0405. The van der Waals surface area contributed by atoms with E-state index in [9.17, 15) is 9.50 Å². The molecule has 1 aromatic rings. The summed E-state index contributed by atoms with van der Waals surface area (Å²) in [5.74, 6) is -0.156. The first-order valence-corrected chi connectivity index (χ1v) is 6.46. The van der Waals surface area contributed by atoms with Crippen LogP contribution < -0.4 is 5.32 Å². The minimum atomic E-state index is -0.381. The number of piperazine rings is 1. The molecule has 2 N–H and O–H groups in total. The minimum Gasteiger partial charge on any atom is -0.392 e. The second kappa shape index (κ2) is 5.78. The number of nitrogens with one attached hydrogen (secondary N) is 1. The number of aliphatic hydroxyl groups is 1. The van der Waals surface area contributed by atoms with Crippen molar-refractivity contribution in [3.8, 4) is 0 Å². The minimum absolute atomic E-state index is 0.100. The van der Waals surface area contributed by atoms with Gasteiger partial charge in [0.15, 0.2) is 0 Å². The van der Waals surface area contributed by atoms with Gasteiger partial charge in [-0.3, -0.25) is 4.90 Å². The van der Waals surface area contributed by atoms with Crippen LogP contribution in [0.2, 0.25) is 0 Å². The number of rotatable bonds is 3. The van der Waals surface area contributed by atoms with Gasteiger partial charge in [-0.2, -0.15) is 0 Å². The lowest BCUT2D eigenvalue weighted by Crippen LogP contribution is -2.55. The van der Waals surface area contributed by atoms with Gasteiger partial charge in [-0.15, -0.1) is 0 Å². The predicted molar refractivity (Wildman–Crippen MR) is 69.9 cm³/mol. The van der Waals surface area contributed by atoms with Gasteiger partial charge in [-0.1, -0.05) is 12.1 Å². The van der Waals surface area contributed by atoms with Gasteiger partial charge in [-0.05, 0) is 31.0 Å². The molecule has 1 fully saturated rings. The molecular weight excluding hydrogens is 231 g/mol. The van der Waals surface area contributed by atoms with E-state index in [1.54, 1.807) is 19.9 Å². The molecule has 0 bridgehead atoms. The standard InChI is InChI=1S/C14H21FN2O/c1-10-3-4-12(7-13(10)15)9-17-6-5-16-8-14(17)11(2)18/h3-4,7,11,14,16,18H,5-6,8-9H2,1-2H3/t11-,14-/m0/s1. The first kappa shape index (κ1) is 13.5. The smallest absolute Gasteiger partial charge is 0.126 e. The molecule has 2 rings (SSSR count). The van der Waals surface area contributed by atoms with Crippen molar-refractivity contribution in [3.63, 3.8) is 0 Å². The van der Waals surface area contributed by atoms with Gasteiger partial charge in [0.05, 0.1) is 6.10 Å². The fraction of sp³-hybridized carbons (Fsp3) is 0.571. The first-order chi connectivity index (χ1) is 8.58. The van der Waals surface area contributed by atoms with Gasteiger partial charge in [0, 0.05) is 32.2 Å². The third-order valence-corrected chi connectivity index (χ3v) is 3.58. The van der Waals surface area contributed by atoms with Crippen LogP contribution in [0, 0.1) is 12.7 Å². The molecule has 4 heteroatoms. The van der Waals surface area contributed by atoms with Crippen LogP contribution >= 0.6 is 0 Å². The fourth-order valence-electron chi connectivity index (χ4n) is 2.41. The summed E-state index contributed by atoms with van der Waals surface area (Å²) in [5.41, 5.74) is 1.64. The number of benzene rings is 1. The highest BCUT2D eigenvalue weighted by Gasteiger charge is 2.25. The molecule has 1 aliphatic heterocycles. The van der Waals surface area contributed by atoms with E-state index in [4.69, 9.17) is 0 Å². The molecule has 0 amide bonds. The molecule has 1 aromatic carbocycles. The Morgan fingerprint density at radius 2 is 2.33 bits per heavy atom. The molecular formula is C14H21FN2O. The molecule has 0 saturated carbocycles. The lowest BCUT2D eigenvalue weighted by atomic mass is 10.1. The maximum Gasteiger partial charge on any atom is 0.126 e. The average molecular weight is 252 g/mol. The molecule has 0 unspecified atom stereocenters. The van der Waals surface area contributed by atoms with Crippen molar-refractivity contribution in [1.29, 1.82) is 0 Å². The van der Waals surface area contributed by atoms with E-state index in [-0.39, 0.29) is 18.0 Å². The zero-order valence-electron chi connectivity index (χ0n) is 11.0. The van der Waals surface area contributed by atoms with E-state index < -0.39 is 0 Å². The average Bonchev–Trinajstić information content (AvgIpc) is 2.34. The number of hydrogen-bond acceptors (Lipinski definition) is 3. The van der Waals surface area contributed by atoms with Gasteiger partial charge in [0.1, 0.15) is 5.82 Å². The SMILES string of the molecule is Cc1ccc(CN2CCNC[C@H]2[C@H](C)O)cc1F. The number of hydrogen-bond donors (Lipinski definition) is 2. The van der Waals surface area contributed by atoms with Crippen molar-refractivity contribution >= 4 is 0 Å². The highest BCUT2D eigenvalue weighted by Crippen LogP contribution is 2.15. The molecule has 18 heavy (non-hydrogen) atoms. The summed E-state index contributed by atoms with van der Waals surface area (Å²) in [6.07, 6.45) is -0.381. The van der Waals surface area contributed by atoms with Crippen molar-refractivity contribution in [1.82, 2.24) is 10.2 Å². The normalized spacial score (nSPS) is 23.0. The maximum atomic E-state index is 13.5. The van der Waals surface area contributed by atoms with Crippen LogP contribution in [-0.2, 0) is 6.54 Å². The zero-order valence-corrected chi connectivity index (χ0v) is 11.0. The summed E-state index contributed by atoms with van der Waals surface area (Å²) in [7, 11) is 0. The van der Waals surface area contributed by atoms with Gasteiger partial charge in [0.25, 0.3) is 0 Å². The van der Waals surface area contributed by atoms with Crippen LogP contribution in [0.25, 0.3) is 0 Å².